The van der Waals surface area contributed by atoms with Crippen LogP contribution in [0.2, 0.25) is 0 Å². The number of fused-ring (bicyclic) bond motifs is 6. The molecule has 0 bridgehead atoms. The van der Waals surface area contributed by atoms with Crippen molar-refractivity contribution in [1.82, 2.24) is 0 Å². The van der Waals surface area contributed by atoms with Gasteiger partial charge >= 0.3 is 0 Å². The minimum Gasteiger partial charge on any atom is -0.395 e. The van der Waals surface area contributed by atoms with E-state index in [-0.39, 0.29) is 39.8 Å². The third-order valence-corrected chi connectivity index (χ3v) is 14.6. The molecule has 0 aromatic rings. The van der Waals surface area contributed by atoms with E-state index in [1.807, 2.05) is 0 Å². The molecule has 1 heterocycles. The van der Waals surface area contributed by atoms with Crippen LogP contribution in [0, 0.1) is 44.3 Å². The zero-order valence-electron chi connectivity index (χ0n) is 27.9. The third kappa shape index (κ3) is 4.38. The van der Waals surface area contributed by atoms with Crippen molar-refractivity contribution in [3.8, 4) is 0 Å². The summed E-state index contributed by atoms with van der Waals surface area (Å²) in [6, 6.07) is 0. The van der Waals surface area contributed by atoms with Gasteiger partial charge in [-0.2, -0.15) is 0 Å². The number of allylic oxidation sites excluding steroid dienone is 3. The van der Waals surface area contributed by atoms with E-state index in [4.69, 9.17) is 9.47 Å². The first-order chi connectivity index (χ1) is 20.4. The molecule has 6 rings (SSSR count). The van der Waals surface area contributed by atoms with Crippen molar-refractivity contribution in [3.63, 3.8) is 0 Å². The normalized spacial score (nSPS) is 52.9. The zero-order chi connectivity index (χ0) is 32.3. The quantitative estimate of drug-likeness (QED) is 0.261. The van der Waals surface area contributed by atoms with Crippen molar-refractivity contribution < 1.29 is 40.1 Å². The molecule has 3 saturated carbocycles. The van der Waals surface area contributed by atoms with Crippen molar-refractivity contribution in [3.05, 3.63) is 23.3 Å². The molecule has 13 atom stereocenters. The molecule has 1 aliphatic heterocycles. The Bertz CT molecular complexity index is 1190. The first-order valence-corrected chi connectivity index (χ1v) is 17.1. The highest BCUT2D eigenvalue weighted by atomic mass is 16.7. The summed E-state index contributed by atoms with van der Waals surface area (Å²) >= 11 is 0. The van der Waals surface area contributed by atoms with E-state index in [9.17, 15) is 30.6 Å². The van der Waals surface area contributed by atoms with Crippen LogP contribution in [-0.4, -0.2) is 86.8 Å². The second kappa shape index (κ2) is 10.6. The minimum absolute atomic E-state index is 0.00302. The smallest absolute Gasteiger partial charge is 0.186 e. The van der Waals surface area contributed by atoms with Crippen LogP contribution >= 0.6 is 0 Å². The fraction of sp³-hybridized carbons (Fsp3) is 0.889. The Labute approximate surface area is 263 Å². The molecule has 1 saturated heterocycles. The molecule has 0 amide bonds. The van der Waals surface area contributed by atoms with Gasteiger partial charge in [0.2, 0.25) is 0 Å². The first kappa shape index (κ1) is 33.1. The molecule has 0 aromatic carbocycles. The standard InChI is InChI=1S/C36H58O8/c1-31(2)14-15-36(19-38)21(16-31)20-8-9-24-33(5)12-11-26(44-30-29(42)28(41)27(40)22(18-37)43-30)32(3,4)23(33)10-13-34(24,6)35(20,7)17-25(36)39/h8-9,22-30,37-42H,10-19H2,1-7H3/t22-,23+,24-,25+,26+,27-,28+,29-,30+,33+,34-,35-,36-/m1/s1. The summed E-state index contributed by atoms with van der Waals surface area (Å²) in [5.74, 6) is 0.610. The van der Waals surface area contributed by atoms with Crippen LogP contribution in [-0.2, 0) is 9.47 Å². The molecule has 0 spiro atoms. The Balaban J connectivity index is 1.33. The molecular weight excluding hydrogens is 560 g/mol. The molecule has 8 nitrogen and oxygen atoms in total. The second-order valence-corrected chi connectivity index (χ2v) is 17.6. The van der Waals surface area contributed by atoms with Crippen LogP contribution in [0.5, 0.6) is 0 Å². The summed E-state index contributed by atoms with van der Waals surface area (Å²) in [6.45, 7) is 15.9. The number of hydrogen-bond acceptors (Lipinski definition) is 8. The second-order valence-electron chi connectivity index (χ2n) is 17.6. The number of rotatable bonds is 4. The van der Waals surface area contributed by atoms with Gasteiger partial charge < -0.3 is 40.1 Å². The lowest BCUT2D eigenvalue weighted by atomic mass is 9.35. The molecule has 44 heavy (non-hydrogen) atoms. The average molecular weight is 619 g/mol. The zero-order valence-corrected chi connectivity index (χ0v) is 27.9. The number of aliphatic hydroxyl groups is 6. The Morgan fingerprint density at radius 1 is 0.864 bits per heavy atom. The van der Waals surface area contributed by atoms with Crippen molar-refractivity contribution in [1.29, 1.82) is 0 Å². The SMILES string of the molecule is CC1(C)CC[C@@]2(CO)C(=C3C=C[C@@H]4[C@@]5(C)CC[C@H](O[C@@H]6O[C@H](CO)[C@@H](O)[C@H](O)[C@H]6O)C(C)(C)[C@@H]5CC[C@@]4(C)[C@]3(C)C[C@@H]2O)C1. The fourth-order valence-electron chi connectivity index (χ4n) is 11.6. The van der Waals surface area contributed by atoms with Gasteiger partial charge in [-0.25, -0.2) is 0 Å². The fourth-order valence-corrected chi connectivity index (χ4v) is 11.6. The van der Waals surface area contributed by atoms with Gasteiger partial charge in [0.05, 0.1) is 25.4 Å². The van der Waals surface area contributed by atoms with E-state index in [1.54, 1.807) is 0 Å². The van der Waals surface area contributed by atoms with Crippen LogP contribution in [0.25, 0.3) is 0 Å². The van der Waals surface area contributed by atoms with Gasteiger partial charge in [0.15, 0.2) is 6.29 Å². The molecule has 4 fully saturated rings. The van der Waals surface area contributed by atoms with E-state index in [2.05, 4.69) is 60.6 Å². The van der Waals surface area contributed by atoms with Crippen LogP contribution in [0.15, 0.2) is 23.3 Å². The van der Waals surface area contributed by atoms with E-state index in [1.165, 1.54) is 11.1 Å². The summed E-state index contributed by atoms with van der Waals surface area (Å²) in [7, 11) is 0. The van der Waals surface area contributed by atoms with Gasteiger partial charge in [-0.05, 0) is 90.4 Å². The number of ether oxygens (including phenoxy) is 2. The van der Waals surface area contributed by atoms with E-state index < -0.39 is 48.8 Å². The molecule has 0 aromatic heterocycles. The van der Waals surface area contributed by atoms with Crippen molar-refractivity contribution in [2.24, 2.45) is 44.3 Å². The van der Waals surface area contributed by atoms with Crippen molar-refractivity contribution in [2.45, 2.75) is 143 Å². The molecule has 8 heteroatoms. The molecule has 6 N–H and O–H groups in total. The van der Waals surface area contributed by atoms with Crippen LogP contribution in [0.1, 0.15) is 99.8 Å². The number of aliphatic hydroxyl groups excluding tert-OH is 6. The van der Waals surface area contributed by atoms with Crippen LogP contribution < -0.4 is 0 Å². The third-order valence-electron chi connectivity index (χ3n) is 14.6. The monoisotopic (exact) mass is 618 g/mol. The predicted molar refractivity (Wildman–Crippen MR) is 166 cm³/mol. The lowest BCUT2D eigenvalue weighted by Crippen LogP contribution is -2.65. The van der Waals surface area contributed by atoms with E-state index in [0.717, 1.165) is 44.9 Å². The first-order valence-electron chi connectivity index (χ1n) is 17.1. The highest BCUT2D eigenvalue weighted by Crippen LogP contribution is 2.74. The highest BCUT2D eigenvalue weighted by Gasteiger charge is 2.68. The molecule has 250 valence electrons. The van der Waals surface area contributed by atoms with Crippen LogP contribution in [0.3, 0.4) is 0 Å². The maximum atomic E-state index is 11.9. The number of hydrogen-bond donors (Lipinski definition) is 6. The maximum Gasteiger partial charge on any atom is 0.186 e. The van der Waals surface area contributed by atoms with Crippen molar-refractivity contribution >= 4 is 0 Å². The lowest BCUT2D eigenvalue weighted by molar-refractivity contribution is -0.329. The summed E-state index contributed by atoms with van der Waals surface area (Å²) in [4.78, 5) is 0. The summed E-state index contributed by atoms with van der Waals surface area (Å²) in [5.41, 5.74) is 1.67. The van der Waals surface area contributed by atoms with E-state index in [0.29, 0.717) is 18.3 Å². The lowest BCUT2D eigenvalue weighted by Gasteiger charge is -2.70. The Morgan fingerprint density at radius 2 is 1.57 bits per heavy atom. The van der Waals surface area contributed by atoms with Crippen LogP contribution in [0.4, 0.5) is 0 Å². The van der Waals surface area contributed by atoms with Gasteiger partial charge in [0.1, 0.15) is 24.4 Å². The Kier molecular flexibility index (Phi) is 7.95. The molecule has 6 aliphatic rings. The Morgan fingerprint density at radius 3 is 2.23 bits per heavy atom. The molecule has 0 unspecified atom stereocenters. The van der Waals surface area contributed by atoms with Gasteiger partial charge in [0.25, 0.3) is 0 Å². The van der Waals surface area contributed by atoms with E-state index >= 15 is 0 Å². The largest absolute Gasteiger partial charge is 0.395 e. The topological polar surface area (TPSA) is 140 Å². The molecule has 5 aliphatic carbocycles. The van der Waals surface area contributed by atoms with Gasteiger partial charge in [-0.15, -0.1) is 0 Å². The molecule has 0 radical (unpaired) electrons. The summed E-state index contributed by atoms with van der Waals surface area (Å²) < 4.78 is 12.2. The maximum absolute atomic E-state index is 11.9. The predicted octanol–water partition coefficient (Wildman–Crippen LogP) is 3.86. The average Bonchev–Trinajstić information content (AvgIpc) is 2.95. The van der Waals surface area contributed by atoms with Gasteiger partial charge in [0, 0.05) is 10.8 Å². The Hall–Kier alpha value is -0.840. The van der Waals surface area contributed by atoms with Gasteiger partial charge in [-0.3, -0.25) is 0 Å². The summed E-state index contributed by atoms with van der Waals surface area (Å²) in [5, 5.41) is 63.7. The van der Waals surface area contributed by atoms with Gasteiger partial charge in [-0.1, -0.05) is 66.2 Å². The highest BCUT2D eigenvalue weighted by molar-refractivity contribution is 5.47. The molecular formula is C36H58O8. The minimum atomic E-state index is -1.46. The summed E-state index contributed by atoms with van der Waals surface area (Å²) in [6.07, 6.45) is 4.74. The van der Waals surface area contributed by atoms with Crippen molar-refractivity contribution in [2.75, 3.05) is 13.2 Å².